The summed E-state index contributed by atoms with van der Waals surface area (Å²) in [5, 5.41) is 13.4. The topological polar surface area (TPSA) is 82.0 Å². The molecule has 0 saturated carbocycles. The molecule has 0 aliphatic carbocycles. The Morgan fingerprint density at radius 2 is 1.93 bits per heavy atom. The maximum atomic E-state index is 9.80. The van der Waals surface area contributed by atoms with Crippen molar-refractivity contribution in [1.82, 2.24) is 4.90 Å². The van der Waals surface area contributed by atoms with Crippen LogP contribution in [0.2, 0.25) is 0 Å². The van der Waals surface area contributed by atoms with E-state index in [9.17, 15) is 5.21 Å². The predicted octanol–water partition coefficient (Wildman–Crippen LogP) is 2.95. The minimum Gasteiger partial charge on any atom is -0.492 e. The number of fused-ring (bicyclic) bond motifs is 3. The lowest BCUT2D eigenvalue weighted by Crippen LogP contribution is -2.34. The Bertz CT molecular complexity index is 990. The number of oxime groups is 1. The zero-order valence-electron chi connectivity index (χ0n) is 16.3. The number of ether oxygens (including phenoxy) is 5. The van der Waals surface area contributed by atoms with Crippen LogP contribution in [0.4, 0.5) is 0 Å². The third kappa shape index (κ3) is 2.91. The summed E-state index contributed by atoms with van der Waals surface area (Å²) >= 11 is 0. The van der Waals surface area contributed by atoms with E-state index >= 15 is 0 Å². The second kappa shape index (κ2) is 7.04. The van der Waals surface area contributed by atoms with Gasteiger partial charge in [0, 0.05) is 30.1 Å². The molecular weight excluding hydrogens is 376 g/mol. The summed E-state index contributed by atoms with van der Waals surface area (Å²) in [6.45, 7) is 1.27. The van der Waals surface area contributed by atoms with E-state index in [1.807, 2.05) is 24.3 Å². The van der Waals surface area contributed by atoms with Crippen LogP contribution in [0.15, 0.2) is 29.4 Å². The molecule has 3 heterocycles. The molecule has 3 aliphatic heterocycles. The average molecular weight is 398 g/mol. The maximum Gasteiger partial charge on any atom is 0.231 e. The third-order valence-corrected chi connectivity index (χ3v) is 5.76. The van der Waals surface area contributed by atoms with Gasteiger partial charge in [-0.1, -0.05) is 5.16 Å². The van der Waals surface area contributed by atoms with E-state index in [4.69, 9.17) is 23.7 Å². The standard InChI is InChI=1S/C21H22N2O6/c1-23-6-5-13-8-18-20(29-11-28-18)21(25-2)19(13)15(23)9-14(22-24)12-3-4-16-17(7-12)27-10-26-16/h3-4,7-8,15,24H,5-6,9-11H2,1-2H3/t15-/m1/s1. The van der Waals surface area contributed by atoms with Gasteiger partial charge in [-0.15, -0.1) is 0 Å². The quantitative estimate of drug-likeness (QED) is 0.482. The fourth-order valence-corrected chi connectivity index (χ4v) is 4.26. The van der Waals surface area contributed by atoms with E-state index in [0.717, 1.165) is 35.4 Å². The summed E-state index contributed by atoms with van der Waals surface area (Å²) < 4.78 is 27.8. The molecule has 29 heavy (non-hydrogen) atoms. The molecule has 1 N–H and O–H groups in total. The minimum absolute atomic E-state index is 0.0421. The van der Waals surface area contributed by atoms with Gasteiger partial charge in [0.25, 0.3) is 0 Å². The first-order chi connectivity index (χ1) is 14.2. The first-order valence-electron chi connectivity index (χ1n) is 9.50. The SMILES string of the molecule is COc1c2c(cc3c1[C@@H](CC(=NO)c1ccc4c(c1)OCO4)N(C)CC3)OCO2. The van der Waals surface area contributed by atoms with Crippen LogP contribution >= 0.6 is 0 Å². The molecule has 0 aromatic heterocycles. The molecule has 152 valence electrons. The molecule has 2 aromatic carbocycles. The van der Waals surface area contributed by atoms with E-state index in [-0.39, 0.29) is 19.6 Å². The molecule has 8 heteroatoms. The Hall–Kier alpha value is -3.13. The van der Waals surface area contributed by atoms with Gasteiger partial charge in [-0.05, 0) is 43.3 Å². The van der Waals surface area contributed by atoms with Gasteiger partial charge in [0.05, 0.1) is 12.8 Å². The molecule has 0 bridgehead atoms. The van der Waals surface area contributed by atoms with Crippen molar-refractivity contribution in [3.8, 4) is 28.7 Å². The lowest BCUT2D eigenvalue weighted by atomic mass is 9.87. The molecular formula is C21H22N2O6. The van der Waals surface area contributed by atoms with Crippen molar-refractivity contribution < 1.29 is 28.9 Å². The lowest BCUT2D eigenvalue weighted by molar-refractivity contribution is 0.170. The van der Waals surface area contributed by atoms with Gasteiger partial charge in [-0.2, -0.15) is 0 Å². The van der Waals surface area contributed by atoms with Crippen molar-refractivity contribution in [2.75, 3.05) is 34.3 Å². The first kappa shape index (κ1) is 17.9. The van der Waals surface area contributed by atoms with Crippen LogP contribution in [-0.4, -0.2) is 50.1 Å². The number of hydrogen-bond acceptors (Lipinski definition) is 8. The minimum atomic E-state index is -0.0421. The van der Waals surface area contributed by atoms with Crippen LogP contribution in [0.5, 0.6) is 28.7 Å². The third-order valence-electron chi connectivity index (χ3n) is 5.76. The molecule has 0 amide bonds. The van der Waals surface area contributed by atoms with E-state index in [1.165, 1.54) is 0 Å². The number of hydrogen-bond donors (Lipinski definition) is 1. The second-order valence-electron chi connectivity index (χ2n) is 7.28. The normalized spacial score (nSPS) is 19.9. The highest BCUT2D eigenvalue weighted by molar-refractivity contribution is 6.01. The van der Waals surface area contributed by atoms with Gasteiger partial charge < -0.3 is 28.9 Å². The Kier molecular flexibility index (Phi) is 4.35. The summed E-state index contributed by atoms with van der Waals surface area (Å²) in [4.78, 5) is 2.24. The van der Waals surface area contributed by atoms with Crippen LogP contribution in [-0.2, 0) is 6.42 Å². The summed E-state index contributed by atoms with van der Waals surface area (Å²) in [5.74, 6) is 3.39. The fraction of sp³-hybridized carbons (Fsp3) is 0.381. The number of nitrogens with zero attached hydrogens (tertiary/aromatic N) is 2. The second-order valence-corrected chi connectivity index (χ2v) is 7.28. The van der Waals surface area contributed by atoms with Crippen molar-refractivity contribution in [3.05, 3.63) is 41.0 Å². The van der Waals surface area contributed by atoms with Gasteiger partial charge >= 0.3 is 0 Å². The molecule has 0 fully saturated rings. The van der Waals surface area contributed by atoms with Crippen LogP contribution < -0.4 is 23.7 Å². The van der Waals surface area contributed by atoms with Gasteiger partial charge in [0.2, 0.25) is 19.3 Å². The summed E-state index contributed by atoms with van der Waals surface area (Å²) in [6.07, 6.45) is 1.38. The highest BCUT2D eigenvalue weighted by atomic mass is 16.7. The molecule has 3 aliphatic rings. The molecule has 0 spiro atoms. The van der Waals surface area contributed by atoms with Gasteiger partial charge in [0.1, 0.15) is 0 Å². The zero-order valence-corrected chi connectivity index (χ0v) is 16.3. The zero-order chi connectivity index (χ0) is 20.0. The predicted molar refractivity (Wildman–Crippen MR) is 104 cm³/mol. The summed E-state index contributed by atoms with van der Waals surface area (Å²) in [7, 11) is 3.70. The van der Waals surface area contributed by atoms with Crippen LogP contribution in [0, 0.1) is 0 Å². The van der Waals surface area contributed by atoms with Crippen molar-refractivity contribution >= 4 is 5.71 Å². The van der Waals surface area contributed by atoms with E-state index in [1.54, 1.807) is 7.11 Å². The number of rotatable bonds is 4. The van der Waals surface area contributed by atoms with E-state index in [2.05, 4.69) is 17.1 Å². The first-order valence-corrected chi connectivity index (χ1v) is 9.50. The summed E-state index contributed by atoms with van der Waals surface area (Å²) in [5.41, 5.74) is 3.56. The van der Waals surface area contributed by atoms with Crippen LogP contribution in [0.3, 0.4) is 0 Å². The highest BCUT2D eigenvalue weighted by Crippen LogP contribution is 2.50. The van der Waals surface area contributed by atoms with Gasteiger partial charge in [-0.3, -0.25) is 4.90 Å². The molecule has 0 radical (unpaired) electrons. The largest absolute Gasteiger partial charge is 0.492 e. The van der Waals surface area contributed by atoms with Crippen molar-refractivity contribution in [2.45, 2.75) is 18.9 Å². The number of methoxy groups -OCH3 is 1. The Balaban J connectivity index is 1.53. The monoisotopic (exact) mass is 398 g/mol. The van der Waals surface area contributed by atoms with Crippen LogP contribution in [0.1, 0.15) is 29.2 Å². The molecule has 0 saturated heterocycles. The molecule has 5 rings (SSSR count). The smallest absolute Gasteiger partial charge is 0.231 e. The molecule has 2 aromatic rings. The molecule has 1 atom stereocenters. The maximum absolute atomic E-state index is 9.80. The number of likely N-dealkylation sites (N-methyl/N-ethyl adjacent to an activating group) is 1. The van der Waals surface area contributed by atoms with E-state index in [0.29, 0.717) is 35.1 Å². The Morgan fingerprint density at radius 1 is 1.14 bits per heavy atom. The fourth-order valence-electron chi connectivity index (χ4n) is 4.26. The van der Waals surface area contributed by atoms with Crippen molar-refractivity contribution in [3.63, 3.8) is 0 Å². The van der Waals surface area contributed by atoms with Crippen molar-refractivity contribution in [1.29, 1.82) is 0 Å². The van der Waals surface area contributed by atoms with E-state index < -0.39 is 0 Å². The Morgan fingerprint density at radius 3 is 2.76 bits per heavy atom. The van der Waals surface area contributed by atoms with Crippen LogP contribution in [0.25, 0.3) is 0 Å². The van der Waals surface area contributed by atoms with Crippen molar-refractivity contribution in [2.24, 2.45) is 5.16 Å². The lowest BCUT2D eigenvalue weighted by Gasteiger charge is -2.36. The Labute approximate surface area is 168 Å². The molecule has 0 unspecified atom stereocenters. The number of benzene rings is 2. The molecule has 8 nitrogen and oxygen atoms in total. The summed E-state index contributed by atoms with van der Waals surface area (Å²) in [6, 6.07) is 7.55. The highest BCUT2D eigenvalue weighted by Gasteiger charge is 2.35. The van der Waals surface area contributed by atoms with Gasteiger partial charge in [-0.25, -0.2) is 0 Å². The van der Waals surface area contributed by atoms with Gasteiger partial charge in [0.15, 0.2) is 23.0 Å². The average Bonchev–Trinajstić information content (AvgIpc) is 3.40.